The van der Waals surface area contributed by atoms with Gasteiger partial charge in [0, 0.05) is 11.3 Å². The van der Waals surface area contributed by atoms with E-state index in [1.807, 2.05) is 30.3 Å². The van der Waals surface area contributed by atoms with Gasteiger partial charge in [-0.1, -0.05) is 56.0 Å². The molecule has 19 heavy (non-hydrogen) atoms. The van der Waals surface area contributed by atoms with Crippen molar-refractivity contribution in [3.8, 4) is 11.8 Å². The van der Waals surface area contributed by atoms with Crippen LogP contribution >= 0.6 is 0 Å². The highest BCUT2D eigenvalue weighted by Gasteiger charge is 1.97. The Morgan fingerprint density at radius 3 is 2.26 bits per heavy atom. The number of hydrogen-bond acceptors (Lipinski definition) is 1. The van der Waals surface area contributed by atoms with Crippen LogP contribution in [0.3, 0.4) is 0 Å². The fraction of sp³-hybridized carbons (Fsp3) is 0.222. The third kappa shape index (κ3) is 4.19. The summed E-state index contributed by atoms with van der Waals surface area (Å²) in [4.78, 5) is 0. The van der Waals surface area contributed by atoms with Crippen LogP contribution in [0.5, 0.6) is 0 Å². The molecule has 1 N–H and O–H groups in total. The molecule has 2 aromatic rings. The average Bonchev–Trinajstić information content (AvgIpc) is 2.45. The van der Waals surface area contributed by atoms with Gasteiger partial charge in [-0.25, -0.2) is 0 Å². The largest absolute Gasteiger partial charge is 0.374 e. The van der Waals surface area contributed by atoms with Gasteiger partial charge in [-0.2, -0.15) is 0 Å². The standard InChI is InChI=1S/C18H19N/c1-15(2)17-10-12-18(13-11-17)19-14-6-9-16-7-4-3-5-8-16/h3-5,7-8,10-13,15,19H,14H2,1-2H3. The Labute approximate surface area is 115 Å². The predicted molar refractivity (Wildman–Crippen MR) is 82.3 cm³/mol. The Bertz CT molecular complexity index is 556. The van der Waals surface area contributed by atoms with E-state index in [2.05, 4.69) is 55.3 Å². The maximum absolute atomic E-state index is 3.31. The molecule has 0 saturated heterocycles. The van der Waals surface area contributed by atoms with Crippen molar-refractivity contribution < 1.29 is 0 Å². The molecule has 1 heteroatoms. The van der Waals surface area contributed by atoms with E-state index in [0.717, 1.165) is 11.3 Å². The zero-order chi connectivity index (χ0) is 13.5. The maximum atomic E-state index is 3.31. The first-order chi connectivity index (χ1) is 9.25. The van der Waals surface area contributed by atoms with Gasteiger partial charge in [-0.15, -0.1) is 0 Å². The first kappa shape index (κ1) is 13.2. The lowest BCUT2D eigenvalue weighted by molar-refractivity contribution is 0.867. The van der Waals surface area contributed by atoms with E-state index in [-0.39, 0.29) is 0 Å². The van der Waals surface area contributed by atoms with Gasteiger partial charge in [0.25, 0.3) is 0 Å². The third-order valence-electron chi connectivity index (χ3n) is 2.96. The van der Waals surface area contributed by atoms with Crippen molar-refractivity contribution in [2.75, 3.05) is 11.9 Å². The lowest BCUT2D eigenvalue weighted by Gasteiger charge is -2.07. The zero-order valence-electron chi connectivity index (χ0n) is 11.5. The van der Waals surface area contributed by atoms with Crippen LogP contribution in [-0.2, 0) is 0 Å². The summed E-state index contributed by atoms with van der Waals surface area (Å²) in [6.07, 6.45) is 0. The van der Waals surface area contributed by atoms with Crippen LogP contribution in [0.1, 0.15) is 30.9 Å². The summed E-state index contributed by atoms with van der Waals surface area (Å²) in [6, 6.07) is 18.6. The molecule has 0 amide bonds. The second-order valence-corrected chi connectivity index (χ2v) is 4.80. The molecular formula is C18H19N. The first-order valence-corrected chi connectivity index (χ1v) is 6.63. The number of hydrogen-bond donors (Lipinski definition) is 1. The Balaban J connectivity index is 1.88. The van der Waals surface area contributed by atoms with Crippen LogP contribution < -0.4 is 5.32 Å². The molecule has 0 atom stereocenters. The Morgan fingerprint density at radius 1 is 0.947 bits per heavy atom. The molecule has 0 heterocycles. The van der Waals surface area contributed by atoms with E-state index in [1.165, 1.54) is 5.56 Å². The molecule has 0 saturated carbocycles. The fourth-order valence-corrected chi connectivity index (χ4v) is 1.80. The molecule has 0 aliphatic heterocycles. The van der Waals surface area contributed by atoms with Crippen LogP contribution in [0.4, 0.5) is 5.69 Å². The summed E-state index contributed by atoms with van der Waals surface area (Å²) in [5.41, 5.74) is 3.53. The highest BCUT2D eigenvalue weighted by Crippen LogP contribution is 2.16. The van der Waals surface area contributed by atoms with Gasteiger partial charge in [0.2, 0.25) is 0 Å². The minimum Gasteiger partial charge on any atom is -0.374 e. The summed E-state index contributed by atoms with van der Waals surface area (Å²) in [5, 5.41) is 3.31. The van der Waals surface area contributed by atoms with E-state index in [9.17, 15) is 0 Å². The Hall–Kier alpha value is -2.20. The van der Waals surface area contributed by atoms with Crippen molar-refractivity contribution >= 4 is 5.69 Å². The third-order valence-corrected chi connectivity index (χ3v) is 2.96. The van der Waals surface area contributed by atoms with Crippen molar-refractivity contribution in [3.63, 3.8) is 0 Å². The van der Waals surface area contributed by atoms with Gasteiger partial charge in [-0.05, 0) is 35.7 Å². The lowest BCUT2D eigenvalue weighted by Crippen LogP contribution is -1.98. The monoisotopic (exact) mass is 249 g/mol. The molecule has 2 aromatic carbocycles. The Kier molecular flexibility index (Phi) is 4.64. The van der Waals surface area contributed by atoms with Crippen molar-refractivity contribution in [2.45, 2.75) is 19.8 Å². The van der Waals surface area contributed by atoms with Gasteiger partial charge in [0.05, 0.1) is 6.54 Å². The first-order valence-electron chi connectivity index (χ1n) is 6.63. The minimum atomic E-state index is 0.576. The SMILES string of the molecule is CC(C)c1ccc(NCC#Cc2ccccc2)cc1. The second-order valence-electron chi connectivity index (χ2n) is 4.80. The molecule has 0 aromatic heterocycles. The number of rotatable bonds is 3. The van der Waals surface area contributed by atoms with E-state index in [0.29, 0.717) is 12.5 Å². The van der Waals surface area contributed by atoms with E-state index >= 15 is 0 Å². The predicted octanol–water partition coefficient (Wildman–Crippen LogP) is 4.27. The van der Waals surface area contributed by atoms with Crippen molar-refractivity contribution in [1.29, 1.82) is 0 Å². The normalized spacial score (nSPS) is 9.84. The van der Waals surface area contributed by atoms with Crippen LogP contribution in [0, 0.1) is 11.8 Å². The van der Waals surface area contributed by atoms with Crippen LogP contribution in [0.25, 0.3) is 0 Å². The van der Waals surface area contributed by atoms with Gasteiger partial charge < -0.3 is 5.32 Å². The molecule has 0 bridgehead atoms. The molecule has 0 fully saturated rings. The van der Waals surface area contributed by atoms with Gasteiger partial charge >= 0.3 is 0 Å². The molecular weight excluding hydrogens is 230 g/mol. The van der Waals surface area contributed by atoms with E-state index < -0.39 is 0 Å². The molecule has 1 nitrogen and oxygen atoms in total. The van der Waals surface area contributed by atoms with E-state index in [4.69, 9.17) is 0 Å². The highest BCUT2D eigenvalue weighted by atomic mass is 14.8. The van der Waals surface area contributed by atoms with Crippen molar-refractivity contribution in [3.05, 3.63) is 65.7 Å². The maximum Gasteiger partial charge on any atom is 0.0769 e. The summed E-state index contributed by atoms with van der Waals surface area (Å²) in [5.74, 6) is 6.83. The lowest BCUT2D eigenvalue weighted by atomic mass is 10.0. The summed E-state index contributed by atoms with van der Waals surface area (Å²) < 4.78 is 0. The molecule has 2 rings (SSSR count). The topological polar surface area (TPSA) is 12.0 Å². The van der Waals surface area contributed by atoms with Crippen molar-refractivity contribution in [1.82, 2.24) is 0 Å². The van der Waals surface area contributed by atoms with Crippen LogP contribution in [0.15, 0.2) is 54.6 Å². The van der Waals surface area contributed by atoms with Crippen LogP contribution in [0.2, 0.25) is 0 Å². The molecule has 0 aliphatic rings. The molecule has 0 radical (unpaired) electrons. The quantitative estimate of drug-likeness (QED) is 0.801. The Morgan fingerprint density at radius 2 is 1.63 bits per heavy atom. The smallest absolute Gasteiger partial charge is 0.0769 e. The van der Waals surface area contributed by atoms with Crippen molar-refractivity contribution in [2.24, 2.45) is 0 Å². The molecule has 96 valence electrons. The molecule has 0 unspecified atom stereocenters. The zero-order valence-corrected chi connectivity index (χ0v) is 11.5. The number of benzene rings is 2. The highest BCUT2D eigenvalue weighted by molar-refractivity contribution is 5.46. The number of nitrogens with one attached hydrogen (secondary N) is 1. The van der Waals surface area contributed by atoms with Gasteiger partial charge in [0.15, 0.2) is 0 Å². The fourth-order valence-electron chi connectivity index (χ4n) is 1.80. The van der Waals surface area contributed by atoms with E-state index in [1.54, 1.807) is 0 Å². The van der Waals surface area contributed by atoms with Gasteiger partial charge in [0.1, 0.15) is 0 Å². The average molecular weight is 249 g/mol. The minimum absolute atomic E-state index is 0.576. The van der Waals surface area contributed by atoms with Gasteiger partial charge in [-0.3, -0.25) is 0 Å². The number of anilines is 1. The summed E-state index contributed by atoms with van der Waals surface area (Å²) >= 11 is 0. The summed E-state index contributed by atoms with van der Waals surface area (Å²) in [6.45, 7) is 5.07. The molecule has 0 spiro atoms. The van der Waals surface area contributed by atoms with Crippen LogP contribution in [-0.4, -0.2) is 6.54 Å². The molecule has 0 aliphatic carbocycles. The second kappa shape index (κ2) is 6.66. The summed E-state index contributed by atoms with van der Waals surface area (Å²) in [7, 11) is 0.